The summed E-state index contributed by atoms with van der Waals surface area (Å²) >= 11 is 0.409. The van der Waals surface area contributed by atoms with E-state index < -0.39 is 5.76 Å². The number of nitrogens with one attached hydrogen (secondary N) is 2. The Hall–Kier alpha value is -2.09. The summed E-state index contributed by atoms with van der Waals surface area (Å²) in [5.74, 6) is -1.21. The number of H-pyrrole nitrogens is 1. The highest BCUT2D eigenvalue weighted by molar-refractivity contribution is 7.99. The molecule has 4 rings (SSSR count). The zero-order valence-electron chi connectivity index (χ0n) is 14.8. The van der Waals surface area contributed by atoms with Gasteiger partial charge in [-0.3, -0.25) is 9.89 Å². The van der Waals surface area contributed by atoms with Gasteiger partial charge < -0.3 is 10.2 Å². The van der Waals surface area contributed by atoms with Gasteiger partial charge in [0.2, 0.25) is 0 Å². The lowest BCUT2D eigenvalue weighted by Crippen LogP contribution is -2.45. The number of nitrogens with zero attached hydrogens (tertiary/aromatic N) is 2. The summed E-state index contributed by atoms with van der Waals surface area (Å²) in [4.78, 5) is 15.1. The Labute approximate surface area is 160 Å². The van der Waals surface area contributed by atoms with E-state index >= 15 is 0 Å². The first-order valence-electron chi connectivity index (χ1n) is 9.25. The monoisotopic (exact) mass is 392 g/mol. The third kappa shape index (κ3) is 4.43. The minimum Gasteiger partial charge on any atom is -0.355 e. The Bertz CT molecular complexity index is 801. The van der Waals surface area contributed by atoms with Crippen LogP contribution in [0, 0.1) is 0 Å². The fourth-order valence-corrected chi connectivity index (χ4v) is 4.10. The van der Waals surface area contributed by atoms with E-state index in [-0.39, 0.29) is 11.9 Å². The van der Waals surface area contributed by atoms with Crippen molar-refractivity contribution in [1.29, 1.82) is 0 Å². The smallest absolute Gasteiger partial charge is 0.288 e. The van der Waals surface area contributed by atoms with Crippen molar-refractivity contribution in [1.82, 2.24) is 15.5 Å². The van der Waals surface area contributed by atoms with Crippen LogP contribution < -0.4 is 10.2 Å². The Balaban J connectivity index is 1.33. The number of hydrogen-bond acceptors (Lipinski definition) is 4. The van der Waals surface area contributed by atoms with Gasteiger partial charge in [0, 0.05) is 41.7 Å². The number of benzene rings is 1. The second-order valence-corrected chi connectivity index (χ2v) is 8.10. The van der Waals surface area contributed by atoms with E-state index in [4.69, 9.17) is 0 Å². The predicted molar refractivity (Wildman–Crippen MR) is 102 cm³/mol. The lowest BCUT2D eigenvalue weighted by Gasteiger charge is -2.32. The number of carbonyl (C=O) groups excluding carboxylic acids is 1. The number of amides is 1. The van der Waals surface area contributed by atoms with Crippen LogP contribution in [0.2, 0.25) is 0 Å². The first kappa shape index (κ1) is 18.3. The molecule has 2 N–H and O–H groups in total. The molecule has 0 atom stereocenters. The third-order valence-electron chi connectivity index (χ3n) is 5.10. The summed E-state index contributed by atoms with van der Waals surface area (Å²) in [5, 5.41) is 10.5. The Morgan fingerprint density at radius 2 is 1.96 bits per heavy atom. The standard InChI is InChI=1S/C19H22F2N4OS/c20-19(21)27-16-4-2-1-3-14(16)18(26)22-13-7-9-25(10-8-13)17-11-15(23-24-17)12-5-6-12/h1-4,11-13,19H,5-10H2,(H,22,26)(H,23,24). The summed E-state index contributed by atoms with van der Waals surface area (Å²) < 4.78 is 25.4. The molecule has 2 heterocycles. The van der Waals surface area contributed by atoms with Crippen molar-refractivity contribution in [2.24, 2.45) is 0 Å². The van der Waals surface area contributed by atoms with E-state index in [0.29, 0.717) is 28.1 Å². The molecule has 1 saturated heterocycles. The molecule has 27 heavy (non-hydrogen) atoms. The van der Waals surface area contributed by atoms with Crippen LogP contribution in [0.15, 0.2) is 35.2 Å². The number of aromatic amines is 1. The van der Waals surface area contributed by atoms with Gasteiger partial charge in [-0.15, -0.1) is 0 Å². The van der Waals surface area contributed by atoms with E-state index in [2.05, 4.69) is 26.5 Å². The van der Waals surface area contributed by atoms with Gasteiger partial charge in [0.15, 0.2) is 5.82 Å². The first-order valence-corrected chi connectivity index (χ1v) is 10.1. The minimum absolute atomic E-state index is 0.0419. The van der Waals surface area contributed by atoms with Gasteiger partial charge in [-0.1, -0.05) is 23.9 Å². The minimum atomic E-state index is -2.54. The van der Waals surface area contributed by atoms with Gasteiger partial charge in [-0.05, 0) is 37.8 Å². The van der Waals surface area contributed by atoms with Crippen LogP contribution in [0.3, 0.4) is 0 Å². The van der Waals surface area contributed by atoms with Crippen molar-refractivity contribution < 1.29 is 13.6 Å². The molecule has 0 unspecified atom stereocenters. The maximum atomic E-state index is 12.7. The van der Waals surface area contributed by atoms with Gasteiger partial charge in [0.25, 0.3) is 11.7 Å². The number of thioether (sulfide) groups is 1. The summed E-state index contributed by atoms with van der Waals surface area (Å²) in [6.07, 6.45) is 4.09. The molecule has 1 saturated carbocycles. The first-order chi connectivity index (χ1) is 13.1. The molecule has 2 aliphatic rings. The SMILES string of the molecule is O=C(NC1CCN(c2cc(C3CC3)[nH]n2)CC1)c1ccccc1SC(F)F. The van der Waals surface area contributed by atoms with E-state index in [0.717, 1.165) is 31.7 Å². The van der Waals surface area contributed by atoms with Gasteiger partial charge in [-0.25, -0.2) is 0 Å². The second kappa shape index (κ2) is 7.88. The van der Waals surface area contributed by atoms with Crippen molar-refractivity contribution in [3.05, 3.63) is 41.6 Å². The van der Waals surface area contributed by atoms with Crippen LogP contribution in [0.25, 0.3) is 0 Å². The Morgan fingerprint density at radius 1 is 1.22 bits per heavy atom. The molecule has 1 aliphatic carbocycles. The summed E-state index contributed by atoms with van der Waals surface area (Å²) in [5.41, 5.74) is 1.53. The molecular weight excluding hydrogens is 370 g/mol. The van der Waals surface area contributed by atoms with Crippen LogP contribution in [0.5, 0.6) is 0 Å². The molecule has 1 aromatic carbocycles. The predicted octanol–water partition coefficient (Wildman–Crippen LogP) is 4.00. The van der Waals surface area contributed by atoms with Crippen molar-refractivity contribution in [3.8, 4) is 0 Å². The molecule has 5 nitrogen and oxygen atoms in total. The zero-order valence-corrected chi connectivity index (χ0v) is 15.6. The second-order valence-electron chi connectivity index (χ2n) is 7.07. The number of halogens is 2. The molecule has 8 heteroatoms. The summed E-state index contributed by atoms with van der Waals surface area (Å²) in [7, 11) is 0. The van der Waals surface area contributed by atoms with Crippen LogP contribution in [0.4, 0.5) is 14.6 Å². The molecule has 2 aromatic rings. The highest BCUT2D eigenvalue weighted by Crippen LogP contribution is 2.40. The maximum absolute atomic E-state index is 12.7. The van der Waals surface area contributed by atoms with Crippen LogP contribution >= 0.6 is 11.8 Å². The average Bonchev–Trinajstić information content (AvgIpc) is 3.39. The fourth-order valence-electron chi connectivity index (χ4n) is 3.46. The summed E-state index contributed by atoms with van der Waals surface area (Å²) in [6.45, 7) is 1.63. The van der Waals surface area contributed by atoms with Gasteiger partial charge in [0.1, 0.15) is 0 Å². The fraction of sp³-hybridized carbons (Fsp3) is 0.474. The van der Waals surface area contributed by atoms with Crippen molar-refractivity contribution in [3.63, 3.8) is 0 Å². The lowest BCUT2D eigenvalue weighted by atomic mass is 10.0. The van der Waals surface area contributed by atoms with Crippen molar-refractivity contribution in [2.75, 3.05) is 18.0 Å². The van der Waals surface area contributed by atoms with E-state index in [1.165, 1.54) is 18.5 Å². The maximum Gasteiger partial charge on any atom is 0.288 e. The number of carbonyl (C=O) groups is 1. The molecule has 0 bridgehead atoms. The normalized spacial score (nSPS) is 18.1. The van der Waals surface area contributed by atoms with Crippen LogP contribution in [-0.4, -0.2) is 41.0 Å². The van der Waals surface area contributed by atoms with Crippen LogP contribution in [0.1, 0.15) is 47.7 Å². The number of anilines is 1. The molecular formula is C19H22F2N4OS. The average molecular weight is 392 g/mol. The van der Waals surface area contributed by atoms with E-state index in [1.54, 1.807) is 24.3 Å². The third-order valence-corrected chi connectivity index (χ3v) is 5.89. The highest BCUT2D eigenvalue weighted by atomic mass is 32.2. The van der Waals surface area contributed by atoms with Gasteiger partial charge in [0.05, 0.1) is 5.56 Å². The number of alkyl halides is 2. The number of rotatable bonds is 6. The summed E-state index contributed by atoms with van der Waals surface area (Å²) in [6, 6.07) is 8.69. The quantitative estimate of drug-likeness (QED) is 0.730. The molecule has 1 amide bonds. The van der Waals surface area contributed by atoms with Gasteiger partial charge >= 0.3 is 0 Å². The number of aromatic nitrogens is 2. The molecule has 1 aromatic heterocycles. The Kier molecular flexibility index (Phi) is 5.33. The molecule has 144 valence electrons. The highest BCUT2D eigenvalue weighted by Gasteiger charge is 2.28. The molecule has 2 fully saturated rings. The van der Waals surface area contributed by atoms with Crippen molar-refractivity contribution in [2.45, 2.75) is 48.3 Å². The van der Waals surface area contributed by atoms with Crippen LogP contribution in [-0.2, 0) is 0 Å². The largest absolute Gasteiger partial charge is 0.355 e. The van der Waals surface area contributed by atoms with E-state index in [1.807, 2.05) is 0 Å². The van der Waals surface area contributed by atoms with Gasteiger partial charge in [-0.2, -0.15) is 13.9 Å². The molecule has 0 spiro atoms. The Morgan fingerprint density at radius 3 is 2.67 bits per heavy atom. The molecule has 1 aliphatic heterocycles. The lowest BCUT2D eigenvalue weighted by molar-refractivity contribution is 0.0928. The molecule has 0 radical (unpaired) electrons. The topological polar surface area (TPSA) is 61.0 Å². The van der Waals surface area contributed by atoms with Crippen molar-refractivity contribution >= 4 is 23.5 Å². The zero-order chi connectivity index (χ0) is 18.8. The van der Waals surface area contributed by atoms with E-state index in [9.17, 15) is 13.6 Å². The number of piperidine rings is 1. The number of hydrogen-bond donors (Lipinski definition) is 2.